The van der Waals surface area contributed by atoms with Crippen LogP contribution in [0.25, 0.3) is 5.69 Å². The molecule has 1 N–H and O–H groups in total. The third kappa shape index (κ3) is 2.77. The molecule has 7 heteroatoms. The maximum absolute atomic E-state index is 8.58. The molecule has 0 radical (unpaired) electrons. The van der Waals surface area contributed by atoms with Gasteiger partial charge in [-0.05, 0) is 25.1 Å². The van der Waals surface area contributed by atoms with Gasteiger partial charge in [0.05, 0.1) is 16.4 Å². The van der Waals surface area contributed by atoms with Crippen LogP contribution in [0, 0.1) is 29.6 Å². The molecule has 6 nitrogen and oxygen atoms in total. The number of aryl methyl sites for hydroxylation is 1. The predicted octanol–water partition coefficient (Wildman–Crippen LogP) is 2.65. The first kappa shape index (κ1) is 13.6. The van der Waals surface area contributed by atoms with Crippen molar-refractivity contribution in [1.29, 1.82) is 10.5 Å². The highest BCUT2D eigenvalue weighted by Crippen LogP contribution is 2.25. The van der Waals surface area contributed by atoms with E-state index in [1.165, 1.54) is 0 Å². The van der Waals surface area contributed by atoms with E-state index in [0.29, 0.717) is 10.7 Å². The summed E-state index contributed by atoms with van der Waals surface area (Å²) in [6.07, 6.45) is 3.50. The molecule has 0 fully saturated rings. The van der Waals surface area contributed by atoms with Gasteiger partial charge in [0.2, 0.25) is 5.71 Å². The topological polar surface area (TPSA) is 89.8 Å². The van der Waals surface area contributed by atoms with Crippen LogP contribution < -0.4 is 5.43 Å². The third-order valence-electron chi connectivity index (χ3n) is 2.54. The van der Waals surface area contributed by atoms with Gasteiger partial charge in [0, 0.05) is 12.4 Å². The van der Waals surface area contributed by atoms with Crippen LogP contribution in [-0.2, 0) is 0 Å². The molecule has 98 valence electrons. The Morgan fingerprint density at radius 2 is 2.15 bits per heavy atom. The van der Waals surface area contributed by atoms with E-state index in [1.54, 1.807) is 36.5 Å². The smallest absolute Gasteiger partial charge is 0.237 e. The molecule has 1 aromatic carbocycles. The van der Waals surface area contributed by atoms with Gasteiger partial charge in [0.15, 0.2) is 0 Å². The van der Waals surface area contributed by atoms with Crippen molar-refractivity contribution in [3.63, 3.8) is 0 Å². The van der Waals surface area contributed by atoms with E-state index < -0.39 is 0 Å². The molecular weight excluding hydrogens is 276 g/mol. The molecule has 0 amide bonds. The van der Waals surface area contributed by atoms with Gasteiger partial charge in [0.25, 0.3) is 0 Å². The van der Waals surface area contributed by atoms with E-state index in [2.05, 4.69) is 15.5 Å². The molecule has 1 heterocycles. The Morgan fingerprint density at radius 3 is 2.70 bits per heavy atom. The fourth-order valence-corrected chi connectivity index (χ4v) is 1.87. The Morgan fingerprint density at radius 1 is 1.40 bits per heavy atom. The number of anilines is 1. The zero-order valence-electron chi connectivity index (χ0n) is 10.5. The Bertz CT molecular complexity index is 731. The monoisotopic (exact) mass is 284 g/mol. The van der Waals surface area contributed by atoms with Gasteiger partial charge in [-0.25, -0.2) is 4.98 Å². The summed E-state index contributed by atoms with van der Waals surface area (Å²) in [7, 11) is 0. The van der Waals surface area contributed by atoms with Crippen molar-refractivity contribution >= 4 is 23.0 Å². The molecule has 0 spiro atoms. The SMILES string of the molecule is Cc1nccn1-c1ccc(NN=C(C#N)C#N)cc1Cl. The van der Waals surface area contributed by atoms with Crippen LogP contribution in [0.4, 0.5) is 5.69 Å². The number of hydrogen-bond donors (Lipinski definition) is 1. The molecule has 0 bridgehead atoms. The molecule has 0 aliphatic carbocycles. The van der Waals surface area contributed by atoms with Crippen molar-refractivity contribution in [3.8, 4) is 17.8 Å². The number of hydrogen-bond acceptors (Lipinski definition) is 5. The number of hydrazone groups is 1. The van der Waals surface area contributed by atoms with Crippen LogP contribution >= 0.6 is 11.6 Å². The summed E-state index contributed by atoms with van der Waals surface area (Å²) in [5, 5.41) is 21.3. The summed E-state index contributed by atoms with van der Waals surface area (Å²) in [4.78, 5) is 4.13. The summed E-state index contributed by atoms with van der Waals surface area (Å²) < 4.78 is 1.85. The first-order valence-corrected chi connectivity index (χ1v) is 5.97. The van der Waals surface area contributed by atoms with Gasteiger partial charge >= 0.3 is 0 Å². The van der Waals surface area contributed by atoms with Crippen molar-refractivity contribution in [2.45, 2.75) is 6.92 Å². The lowest BCUT2D eigenvalue weighted by Crippen LogP contribution is -1.99. The van der Waals surface area contributed by atoms with Crippen molar-refractivity contribution in [3.05, 3.63) is 41.4 Å². The highest BCUT2D eigenvalue weighted by Gasteiger charge is 2.06. The fraction of sp³-hybridized carbons (Fsp3) is 0.0769. The molecular formula is C13H9ClN6. The molecule has 0 aliphatic rings. The summed E-state index contributed by atoms with van der Waals surface area (Å²) in [6, 6.07) is 8.52. The molecule has 0 aliphatic heterocycles. The van der Waals surface area contributed by atoms with Gasteiger partial charge in [-0.15, -0.1) is 0 Å². The molecule has 0 saturated heterocycles. The van der Waals surface area contributed by atoms with Crippen molar-refractivity contribution in [2.24, 2.45) is 5.10 Å². The second-order valence-electron chi connectivity index (χ2n) is 3.81. The zero-order valence-corrected chi connectivity index (χ0v) is 11.3. The van der Waals surface area contributed by atoms with E-state index in [4.69, 9.17) is 22.1 Å². The molecule has 1 aromatic heterocycles. The van der Waals surface area contributed by atoms with E-state index in [0.717, 1.165) is 11.5 Å². The van der Waals surface area contributed by atoms with E-state index in [-0.39, 0.29) is 5.71 Å². The first-order valence-electron chi connectivity index (χ1n) is 5.59. The van der Waals surface area contributed by atoms with Gasteiger partial charge < -0.3 is 4.57 Å². The Labute approximate surface area is 120 Å². The molecule has 2 aromatic rings. The average molecular weight is 285 g/mol. The minimum Gasteiger partial charge on any atom is -0.302 e. The first-order chi connectivity index (χ1) is 9.65. The fourth-order valence-electron chi connectivity index (χ4n) is 1.60. The maximum atomic E-state index is 8.58. The number of nitriles is 2. The second-order valence-corrected chi connectivity index (χ2v) is 4.21. The number of halogens is 1. The second kappa shape index (κ2) is 5.87. The van der Waals surface area contributed by atoms with Crippen LogP contribution in [0.15, 0.2) is 35.7 Å². The highest BCUT2D eigenvalue weighted by atomic mass is 35.5. The van der Waals surface area contributed by atoms with E-state index in [9.17, 15) is 0 Å². The van der Waals surface area contributed by atoms with Crippen LogP contribution in [0.1, 0.15) is 5.82 Å². The summed E-state index contributed by atoms with van der Waals surface area (Å²) >= 11 is 6.21. The largest absolute Gasteiger partial charge is 0.302 e. The van der Waals surface area contributed by atoms with Crippen molar-refractivity contribution in [1.82, 2.24) is 9.55 Å². The molecule has 0 atom stereocenters. The molecule has 0 saturated carbocycles. The minimum atomic E-state index is -0.254. The lowest BCUT2D eigenvalue weighted by molar-refractivity contribution is 0.975. The summed E-state index contributed by atoms with van der Waals surface area (Å²) in [6.45, 7) is 1.87. The number of nitrogens with one attached hydrogen (secondary N) is 1. The minimum absolute atomic E-state index is 0.254. The number of aromatic nitrogens is 2. The lowest BCUT2D eigenvalue weighted by atomic mass is 10.3. The summed E-state index contributed by atoms with van der Waals surface area (Å²) in [5.74, 6) is 0.821. The van der Waals surface area contributed by atoms with Gasteiger partial charge in [-0.1, -0.05) is 11.6 Å². The standard InChI is InChI=1S/C13H9ClN6/c1-9-17-4-5-20(9)13-3-2-10(6-12(13)14)18-19-11(7-15)8-16/h2-6,18H,1H3. The lowest BCUT2D eigenvalue weighted by Gasteiger charge is -2.09. The summed E-state index contributed by atoms with van der Waals surface area (Å²) in [5.41, 5.74) is 3.73. The molecule has 20 heavy (non-hydrogen) atoms. The predicted molar refractivity (Wildman–Crippen MR) is 75.6 cm³/mol. The normalized spacial score (nSPS) is 9.40. The number of rotatable bonds is 3. The van der Waals surface area contributed by atoms with Crippen LogP contribution in [0.3, 0.4) is 0 Å². The van der Waals surface area contributed by atoms with Crippen molar-refractivity contribution < 1.29 is 0 Å². The zero-order chi connectivity index (χ0) is 14.5. The van der Waals surface area contributed by atoms with Gasteiger partial charge in [0.1, 0.15) is 18.0 Å². The number of imidazole rings is 1. The Kier molecular flexibility index (Phi) is 3.99. The van der Waals surface area contributed by atoms with Crippen LogP contribution in [0.5, 0.6) is 0 Å². The highest BCUT2D eigenvalue weighted by molar-refractivity contribution is 6.32. The van der Waals surface area contributed by atoms with Gasteiger partial charge in [-0.2, -0.15) is 15.6 Å². The third-order valence-corrected chi connectivity index (χ3v) is 2.84. The van der Waals surface area contributed by atoms with Gasteiger partial charge in [-0.3, -0.25) is 5.43 Å². The maximum Gasteiger partial charge on any atom is 0.237 e. The Balaban J connectivity index is 2.28. The number of nitrogens with zero attached hydrogens (tertiary/aromatic N) is 5. The van der Waals surface area contributed by atoms with E-state index >= 15 is 0 Å². The quantitative estimate of drug-likeness (QED) is 0.693. The molecule has 0 unspecified atom stereocenters. The van der Waals surface area contributed by atoms with Crippen LogP contribution in [-0.4, -0.2) is 15.3 Å². The van der Waals surface area contributed by atoms with Crippen molar-refractivity contribution in [2.75, 3.05) is 5.43 Å². The molecule has 2 rings (SSSR count). The Hall–Kier alpha value is -2.83. The van der Waals surface area contributed by atoms with Crippen LogP contribution in [0.2, 0.25) is 5.02 Å². The number of benzene rings is 1. The average Bonchev–Trinajstić information content (AvgIpc) is 2.86. The van der Waals surface area contributed by atoms with E-state index in [1.807, 2.05) is 17.7 Å².